The zero-order valence-corrected chi connectivity index (χ0v) is 14.7. The third kappa shape index (κ3) is 2.37. The van der Waals surface area contributed by atoms with Crippen molar-refractivity contribution in [2.45, 2.75) is 12.8 Å². The molecule has 4 nitrogen and oxygen atoms in total. The summed E-state index contributed by atoms with van der Waals surface area (Å²) >= 11 is 0. The maximum atomic E-state index is 9.96. The Morgan fingerprint density at radius 1 is 1.12 bits per heavy atom. The van der Waals surface area contributed by atoms with Gasteiger partial charge in [-0.2, -0.15) is 5.26 Å². The van der Waals surface area contributed by atoms with Crippen LogP contribution in [0.2, 0.25) is 0 Å². The van der Waals surface area contributed by atoms with Gasteiger partial charge >= 0.3 is 0 Å². The van der Waals surface area contributed by atoms with Crippen LogP contribution in [0, 0.1) is 18.3 Å². The van der Waals surface area contributed by atoms with Crippen molar-refractivity contribution in [3.63, 3.8) is 0 Å². The molecule has 2 N–H and O–H groups in total. The molecule has 0 aliphatic carbocycles. The van der Waals surface area contributed by atoms with Crippen LogP contribution in [-0.4, -0.2) is 11.7 Å². The van der Waals surface area contributed by atoms with E-state index in [1.165, 1.54) is 0 Å². The highest BCUT2D eigenvalue weighted by atomic mass is 16.5. The Kier molecular flexibility index (Phi) is 3.78. The van der Waals surface area contributed by atoms with Crippen LogP contribution in [0.15, 0.2) is 66.4 Å². The summed E-state index contributed by atoms with van der Waals surface area (Å²) in [5, 5.41) is 9.96. The third-order valence-electron chi connectivity index (χ3n) is 4.93. The number of nitrogens with two attached hydrogens (primary N) is 1. The fourth-order valence-electron chi connectivity index (χ4n) is 3.65. The molecule has 4 heteroatoms. The largest absolute Gasteiger partial charge is 0.497 e. The maximum Gasteiger partial charge on any atom is 0.118 e. The number of aryl methyl sites for hydroxylation is 1. The Bertz CT molecular complexity index is 1050. The number of nitrogens with zero attached hydrogens (tertiary/aromatic N) is 2. The Morgan fingerprint density at radius 3 is 2.58 bits per heavy atom. The minimum Gasteiger partial charge on any atom is -0.497 e. The number of benzene rings is 2. The number of nitriles is 1. The zero-order chi connectivity index (χ0) is 18.3. The van der Waals surface area contributed by atoms with Gasteiger partial charge in [-0.05, 0) is 48.4 Å². The van der Waals surface area contributed by atoms with Crippen LogP contribution in [-0.2, 0) is 0 Å². The second-order valence-corrected chi connectivity index (χ2v) is 6.47. The zero-order valence-electron chi connectivity index (χ0n) is 14.7. The number of ether oxygens (including phenoxy) is 1. The summed E-state index contributed by atoms with van der Waals surface area (Å²) in [5.41, 5.74) is 12.7. The van der Waals surface area contributed by atoms with Crippen molar-refractivity contribution in [2.24, 2.45) is 5.73 Å². The summed E-state index contributed by atoms with van der Waals surface area (Å²) < 4.78 is 7.34. The second-order valence-electron chi connectivity index (χ2n) is 6.47. The van der Waals surface area contributed by atoms with Crippen molar-refractivity contribution in [1.82, 2.24) is 4.57 Å². The van der Waals surface area contributed by atoms with Gasteiger partial charge in [0.05, 0.1) is 30.1 Å². The quantitative estimate of drug-likeness (QED) is 0.762. The Morgan fingerprint density at radius 2 is 1.88 bits per heavy atom. The molecule has 0 bridgehead atoms. The molecule has 0 fully saturated rings. The summed E-state index contributed by atoms with van der Waals surface area (Å²) in [7, 11) is 1.64. The van der Waals surface area contributed by atoms with Gasteiger partial charge in [-0.15, -0.1) is 0 Å². The van der Waals surface area contributed by atoms with Crippen LogP contribution in [0.25, 0.3) is 11.4 Å². The van der Waals surface area contributed by atoms with Crippen molar-refractivity contribution < 1.29 is 4.74 Å². The van der Waals surface area contributed by atoms with Gasteiger partial charge in [-0.1, -0.05) is 29.8 Å². The number of rotatable bonds is 2. The molecule has 128 valence electrons. The van der Waals surface area contributed by atoms with Gasteiger partial charge in [-0.25, -0.2) is 0 Å². The van der Waals surface area contributed by atoms with Crippen LogP contribution in [0.4, 0.5) is 0 Å². The molecule has 1 atom stereocenters. The summed E-state index contributed by atoms with van der Waals surface area (Å²) in [5.74, 6) is 0.564. The van der Waals surface area contributed by atoms with Crippen molar-refractivity contribution in [3.8, 4) is 17.5 Å². The van der Waals surface area contributed by atoms with E-state index >= 15 is 0 Å². The highest BCUT2D eigenvalue weighted by Crippen LogP contribution is 2.41. The SMILES string of the molecule is COc1ccc(C2C(C#N)=C(N)c3cccn3-c3ccc(C)cc32)cc1. The van der Waals surface area contributed by atoms with Gasteiger partial charge in [0.1, 0.15) is 5.75 Å². The average Bonchev–Trinajstić information content (AvgIpc) is 3.12. The molecule has 4 rings (SSSR count). The first kappa shape index (κ1) is 16.0. The van der Waals surface area contributed by atoms with Gasteiger partial charge in [0.25, 0.3) is 0 Å². The van der Waals surface area contributed by atoms with Crippen molar-refractivity contribution in [3.05, 3.63) is 88.8 Å². The summed E-state index contributed by atoms with van der Waals surface area (Å²) in [6.45, 7) is 2.06. The third-order valence-corrected chi connectivity index (χ3v) is 4.93. The fourth-order valence-corrected chi connectivity index (χ4v) is 3.65. The predicted octanol–water partition coefficient (Wildman–Crippen LogP) is 4.13. The number of fused-ring (bicyclic) bond motifs is 3. The van der Waals surface area contributed by atoms with Gasteiger partial charge in [-0.3, -0.25) is 0 Å². The molecule has 1 aromatic heterocycles. The summed E-state index contributed by atoms with van der Waals surface area (Å²) in [6.07, 6.45) is 1.99. The molecule has 26 heavy (non-hydrogen) atoms. The monoisotopic (exact) mass is 341 g/mol. The topological polar surface area (TPSA) is 64.0 Å². The lowest BCUT2D eigenvalue weighted by Gasteiger charge is -2.20. The Balaban J connectivity index is 2.04. The van der Waals surface area contributed by atoms with E-state index < -0.39 is 0 Å². The van der Waals surface area contributed by atoms with E-state index in [9.17, 15) is 5.26 Å². The standard InChI is InChI=1S/C22H19N3O/c1-14-5-10-19-17(12-14)21(15-6-8-16(26-2)9-7-15)18(13-23)22(24)20-4-3-11-25(19)20/h3-12,21H,24H2,1-2H3. The first-order valence-corrected chi connectivity index (χ1v) is 8.46. The number of allylic oxidation sites excluding steroid dienone is 1. The van der Waals surface area contributed by atoms with Gasteiger partial charge in [0, 0.05) is 17.8 Å². The van der Waals surface area contributed by atoms with E-state index in [-0.39, 0.29) is 5.92 Å². The van der Waals surface area contributed by atoms with E-state index in [1.54, 1.807) is 7.11 Å². The molecule has 0 radical (unpaired) electrons. The van der Waals surface area contributed by atoms with Crippen LogP contribution >= 0.6 is 0 Å². The lowest BCUT2D eigenvalue weighted by Crippen LogP contribution is -2.09. The molecule has 1 aliphatic heterocycles. The molecular weight excluding hydrogens is 322 g/mol. The molecule has 0 spiro atoms. The second kappa shape index (κ2) is 6.12. The molecule has 0 saturated heterocycles. The van der Waals surface area contributed by atoms with Crippen molar-refractivity contribution in [1.29, 1.82) is 5.26 Å². The predicted molar refractivity (Wildman–Crippen MR) is 102 cm³/mol. The van der Waals surface area contributed by atoms with Gasteiger partial charge < -0.3 is 15.0 Å². The van der Waals surface area contributed by atoms with Crippen LogP contribution < -0.4 is 10.5 Å². The minimum absolute atomic E-state index is 0.222. The Hall–Kier alpha value is -3.45. The van der Waals surface area contributed by atoms with E-state index in [0.29, 0.717) is 11.3 Å². The lowest BCUT2D eigenvalue weighted by atomic mass is 9.83. The first-order chi connectivity index (χ1) is 12.6. The summed E-state index contributed by atoms with van der Waals surface area (Å²) in [4.78, 5) is 0. The molecule has 0 amide bonds. The highest BCUT2D eigenvalue weighted by Gasteiger charge is 2.29. The number of aromatic nitrogens is 1. The molecule has 3 aromatic rings. The number of methoxy groups -OCH3 is 1. The smallest absolute Gasteiger partial charge is 0.118 e. The molecule has 2 heterocycles. The molecule has 0 saturated carbocycles. The van der Waals surface area contributed by atoms with E-state index in [0.717, 1.165) is 33.8 Å². The lowest BCUT2D eigenvalue weighted by molar-refractivity contribution is 0.414. The molecule has 2 aromatic carbocycles. The fraction of sp³-hybridized carbons (Fsp3) is 0.136. The number of hydrogen-bond donors (Lipinski definition) is 1. The van der Waals surface area contributed by atoms with Crippen LogP contribution in [0.3, 0.4) is 0 Å². The maximum absolute atomic E-state index is 9.96. The van der Waals surface area contributed by atoms with E-state index in [4.69, 9.17) is 10.5 Å². The minimum atomic E-state index is -0.222. The van der Waals surface area contributed by atoms with Crippen molar-refractivity contribution >= 4 is 5.70 Å². The Labute approximate surface area is 152 Å². The van der Waals surface area contributed by atoms with Gasteiger partial charge in [0.15, 0.2) is 0 Å². The highest BCUT2D eigenvalue weighted by molar-refractivity contribution is 5.76. The van der Waals surface area contributed by atoms with Crippen molar-refractivity contribution in [2.75, 3.05) is 7.11 Å². The molecule has 1 aliphatic rings. The van der Waals surface area contributed by atoms with Crippen LogP contribution in [0.5, 0.6) is 5.75 Å². The van der Waals surface area contributed by atoms with E-state index in [1.807, 2.05) is 42.6 Å². The average molecular weight is 341 g/mol. The number of hydrogen-bond acceptors (Lipinski definition) is 3. The van der Waals surface area contributed by atoms with Gasteiger partial charge in [0.2, 0.25) is 0 Å². The molecule has 1 unspecified atom stereocenters. The summed E-state index contributed by atoms with van der Waals surface area (Å²) in [6, 6.07) is 20.4. The van der Waals surface area contributed by atoms with E-state index in [2.05, 4.69) is 35.8 Å². The normalized spacial score (nSPS) is 15.7. The van der Waals surface area contributed by atoms with Crippen LogP contribution in [0.1, 0.15) is 28.3 Å². The molecular formula is C22H19N3O. The first-order valence-electron chi connectivity index (χ1n) is 8.46.